The molecule has 0 spiro atoms. The Morgan fingerprint density at radius 3 is 2.75 bits per heavy atom. The fourth-order valence-corrected chi connectivity index (χ4v) is 2.66. The van der Waals surface area contributed by atoms with Gasteiger partial charge >= 0.3 is 0 Å². The van der Waals surface area contributed by atoms with Crippen LogP contribution in [0.5, 0.6) is 0 Å². The van der Waals surface area contributed by atoms with Crippen molar-refractivity contribution in [3.63, 3.8) is 0 Å². The standard InChI is InChI=1S/C18H16N4O2/c19-11-13-4-6-14(7-5-13)12-22-10-8-16(18(22)24)21-17(23)15-3-1-2-9-20-15/h1-7,9,16H,8,10,12H2,(H,21,23). The third kappa shape index (κ3) is 3.41. The van der Waals surface area contributed by atoms with Crippen molar-refractivity contribution in [3.8, 4) is 6.07 Å². The molecule has 0 saturated carbocycles. The largest absolute Gasteiger partial charge is 0.339 e. The van der Waals surface area contributed by atoms with Crippen molar-refractivity contribution in [3.05, 3.63) is 65.5 Å². The highest BCUT2D eigenvalue weighted by molar-refractivity contribution is 5.96. The predicted molar refractivity (Wildman–Crippen MR) is 86.7 cm³/mol. The minimum atomic E-state index is -0.516. The number of hydrogen-bond acceptors (Lipinski definition) is 4. The Labute approximate surface area is 139 Å². The predicted octanol–water partition coefficient (Wildman–Crippen LogP) is 1.48. The number of nitriles is 1. The van der Waals surface area contributed by atoms with E-state index < -0.39 is 6.04 Å². The van der Waals surface area contributed by atoms with Gasteiger partial charge in [0.2, 0.25) is 5.91 Å². The molecule has 1 aliphatic rings. The molecule has 120 valence electrons. The van der Waals surface area contributed by atoms with Crippen molar-refractivity contribution < 1.29 is 9.59 Å². The lowest BCUT2D eigenvalue weighted by Gasteiger charge is -2.17. The molecule has 0 radical (unpaired) electrons. The van der Waals surface area contributed by atoms with E-state index in [0.717, 1.165) is 5.56 Å². The number of likely N-dealkylation sites (tertiary alicyclic amines) is 1. The molecule has 1 N–H and O–H groups in total. The van der Waals surface area contributed by atoms with Crippen LogP contribution in [0.3, 0.4) is 0 Å². The van der Waals surface area contributed by atoms with Crippen LogP contribution in [0, 0.1) is 11.3 Å². The second-order valence-electron chi connectivity index (χ2n) is 5.60. The fraction of sp³-hybridized carbons (Fsp3) is 0.222. The molecule has 1 unspecified atom stereocenters. The molecule has 24 heavy (non-hydrogen) atoms. The van der Waals surface area contributed by atoms with E-state index in [9.17, 15) is 9.59 Å². The SMILES string of the molecule is N#Cc1ccc(CN2CCC(NC(=O)c3ccccn3)C2=O)cc1. The maximum Gasteiger partial charge on any atom is 0.270 e. The van der Waals surface area contributed by atoms with Gasteiger partial charge < -0.3 is 10.2 Å². The van der Waals surface area contributed by atoms with Gasteiger partial charge in [0.1, 0.15) is 11.7 Å². The van der Waals surface area contributed by atoms with E-state index in [-0.39, 0.29) is 11.8 Å². The summed E-state index contributed by atoms with van der Waals surface area (Å²) in [6.07, 6.45) is 2.12. The number of nitrogens with one attached hydrogen (secondary N) is 1. The second-order valence-corrected chi connectivity index (χ2v) is 5.60. The van der Waals surface area contributed by atoms with Crippen molar-refractivity contribution >= 4 is 11.8 Å². The van der Waals surface area contributed by atoms with Crippen LogP contribution >= 0.6 is 0 Å². The summed E-state index contributed by atoms with van der Waals surface area (Å²) in [7, 11) is 0. The first-order valence-electron chi connectivity index (χ1n) is 7.67. The summed E-state index contributed by atoms with van der Waals surface area (Å²) in [6.45, 7) is 1.06. The van der Waals surface area contributed by atoms with E-state index in [0.29, 0.717) is 30.8 Å². The van der Waals surface area contributed by atoms with Gasteiger partial charge in [0, 0.05) is 19.3 Å². The van der Waals surface area contributed by atoms with Gasteiger partial charge in [0.25, 0.3) is 5.91 Å². The zero-order valence-corrected chi connectivity index (χ0v) is 13.0. The number of benzene rings is 1. The van der Waals surface area contributed by atoms with Gasteiger partial charge in [0.05, 0.1) is 11.6 Å². The molecule has 2 heterocycles. The van der Waals surface area contributed by atoms with Gasteiger partial charge in [-0.1, -0.05) is 18.2 Å². The Kier molecular flexibility index (Phi) is 4.52. The van der Waals surface area contributed by atoms with Crippen LogP contribution in [-0.2, 0) is 11.3 Å². The zero-order valence-electron chi connectivity index (χ0n) is 13.0. The second kappa shape index (κ2) is 6.92. The van der Waals surface area contributed by atoms with Gasteiger partial charge in [-0.3, -0.25) is 14.6 Å². The van der Waals surface area contributed by atoms with E-state index in [1.165, 1.54) is 0 Å². The molecule has 1 saturated heterocycles. The third-order valence-corrected chi connectivity index (χ3v) is 3.96. The number of carbonyl (C=O) groups is 2. The highest BCUT2D eigenvalue weighted by Gasteiger charge is 2.32. The van der Waals surface area contributed by atoms with Crippen LogP contribution in [0.4, 0.5) is 0 Å². The monoisotopic (exact) mass is 320 g/mol. The average Bonchev–Trinajstić information content (AvgIpc) is 2.96. The van der Waals surface area contributed by atoms with Gasteiger partial charge in [-0.2, -0.15) is 5.26 Å². The van der Waals surface area contributed by atoms with Crippen molar-refractivity contribution in [2.75, 3.05) is 6.54 Å². The molecule has 6 nitrogen and oxygen atoms in total. The molecular formula is C18H16N4O2. The van der Waals surface area contributed by atoms with E-state index in [4.69, 9.17) is 5.26 Å². The van der Waals surface area contributed by atoms with Crippen molar-refractivity contribution in [2.24, 2.45) is 0 Å². The normalized spacial score (nSPS) is 16.7. The third-order valence-electron chi connectivity index (χ3n) is 3.96. The topological polar surface area (TPSA) is 86.1 Å². The van der Waals surface area contributed by atoms with E-state index in [1.54, 1.807) is 41.4 Å². The highest BCUT2D eigenvalue weighted by Crippen LogP contribution is 2.16. The summed E-state index contributed by atoms with van der Waals surface area (Å²) < 4.78 is 0. The molecule has 0 aliphatic carbocycles. The summed E-state index contributed by atoms with van der Waals surface area (Å²) in [6, 6.07) is 13.8. The molecule has 1 aromatic carbocycles. The van der Waals surface area contributed by atoms with Gasteiger partial charge in [-0.25, -0.2) is 0 Å². The van der Waals surface area contributed by atoms with E-state index >= 15 is 0 Å². The quantitative estimate of drug-likeness (QED) is 0.924. The lowest BCUT2D eigenvalue weighted by atomic mass is 10.1. The van der Waals surface area contributed by atoms with Crippen molar-refractivity contribution in [2.45, 2.75) is 19.0 Å². The minimum Gasteiger partial charge on any atom is -0.339 e. The fourth-order valence-electron chi connectivity index (χ4n) is 2.66. The summed E-state index contributed by atoms with van der Waals surface area (Å²) in [4.78, 5) is 30.2. The average molecular weight is 320 g/mol. The molecular weight excluding hydrogens is 304 g/mol. The molecule has 1 atom stereocenters. The van der Waals surface area contributed by atoms with Crippen LogP contribution in [0.25, 0.3) is 0 Å². The number of carbonyl (C=O) groups excluding carboxylic acids is 2. The lowest BCUT2D eigenvalue weighted by molar-refractivity contribution is -0.129. The molecule has 1 fully saturated rings. The van der Waals surface area contributed by atoms with Crippen LogP contribution < -0.4 is 5.32 Å². The number of aromatic nitrogens is 1. The van der Waals surface area contributed by atoms with Crippen LogP contribution in [-0.4, -0.2) is 34.3 Å². The zero-order chi connectivity index (χ0) is 16.9. The number of hydrogen-bond donors (Lipinski definition) is 1. The van der Waals surface area contributed by atoms with Crippen LogP contribution in [0.2, 0.25) is 0 Å². The smallest absolute Gasteiger partial charge is 0.270 e. The summed E-state index contributed by atoms with van der Waals surface area (Å²) >= 11 is 0. The van der Waals surface area contributed by atoms with Crippen molar-refractivity contribution in [1.29, 1.82) is 5.26 Å². The summed E-state index contributed by atoms with van der Waals surface area (Å²) in [5, 5.41) is 11.6. The number of rotatable bonds is 4. The Bertz CT molecular complexity index is 781. The molecule has 2 aromatic rings. The molecule has 0 bridgehead atoms. The number of pyridine rings is 1. The first kappa shape index (κ1) is 15.7. The van der Waals surface area contributed by atoms with Gasteiger partial charge in [-0.15, -0.1) is 0 Å². The lowest BCUT2D eigenvalue weighted by Crippen LogP contribution is -2.41. The van der Waals surface area contributed by atoms with Gasteiger partial charge in [0.15, 0.2) is 0 Å². The van der Waals surface area contributed by atoms with Crippen molar-refractivity contribution in [1.82, 2.24) is 15.2 Å². The Morgan fingerprint density at radius 1 is 1.29 bits per heavy atom. The number of amides is 2. The summed E-state index contributed by atoms with van der Waals surface area (Å²) in [5.41, 5.74) is 1.85. The first-order chi connectivity index (χ1) is 11.7. The maximum atomic E-state index is 12.4. The highest BCUT2D eigenvalue weighted by atomic mass is 16.2. The Hall–Kier alpha value is -3.20. The Balaban J connectivity index is 1.60. The van der Waals surface area contributed by atoms with E-state index in [2.05, 4.69) is 16.4 Å². The minimum absolute atomic E-state index is 0.0939. The molecule has 1 aliphatic heterocycles. The van der Waals surface area contributed by atoms with Crippen LogP contribution in [0.15, 0.2) is 48.7 Å². The molecule has 6 heteroatoms. The first-order valence-corrected chi connectivity index (χ1v) is 7.67. The maximum absolute atomic E-state index is 12.4. The molecule has 2 amide bonds. The van der Waals surface area contributed by atoms with Gasteiger partial charge in [-0.05, 0) is 36.2 Å². The van der Waals surface area contributed by atoms with E-state index in [1.807, 2.05) is 12.1 Å². The van der Waals surface area contributed by atoms with Crippen LogP contribution in [0.1, 0.15) is 28.0 Å². The summed E-state index contributed by atoms with van der Waals surface area (Å²) in [5.74, 6) is -0.433. The number of nitrogens with zero attached hydrogens (tertiary/aromatic N) is 3. The Morgan fingerprint density at radius 2 is 2.08 bits per heavy atom. The molecule has 1 aromatic heterocycles. The molecule has 3 rings (SSSR count).